The molecule has 0 bridgehead atoms. The molecular weight excluding hydrogens is 280 g/mol. The molecule has 1 N–H and O–H groups in total. The number of thiazole rings is 1. The van der Waals surface area contributed by atoms with E-state index in [1.165, 1.54) is 11.3 Å². The molecule has 0 saturated heterocycles. The van der Waals surface area contributed by atoms with Gasteiger partial charge in [0.25, 0.3) is 0 Å². The average Bonchev–Trinajstić information content (AvgIpc) is 2.82. The molecule has 0 aliphatic heterocycles. The zero-order valence-electron chi connectivity index (χ0n) is 9.83. The normalized spacial score (nSPS) is 13.5. The van der Waals surface area contributed by atoms with E-state index >= 15 is 0 Å². The van der Waals surface area contributed by atoms with Gasteiger partial charge in [0.15, 0.2) is 0 Å². The molecular formula is C12H10F4N2S. The number of halogens is 4. The predicted octanol–water partition coefficient (Wildman–Crippen LogP) is 3.61. The van der Waals surface area contributed by atoms with Crippen molar-refractivity contribution < 1.29 is 17.6 Å². The molecule has 0 amide bonds. The number of alkyl halides is 3. The smallest absolute Gasteiger partial charge is 0.307 e. The second-order valence-electron chi connectivity index (χ2n) is 3.86. The van der Waals surface area contributed by atoms with Crippen molar-refractivity contribution in [1.29, 1.82) is 0 Å². The summed E-state index contributed by atoms with van der Waals surface area (Å²) in [6.45, 7) is 0. The minimum Gasteiger partial charge on any atom is -0.307 e. The van der Waals surface area contributed by atoms with Crippen LogP contribution >= 0.6 is 11.3 Å². The zero-order valence-corrected chi connectivity index (χ0v) is 10.6. The summed E-state index contributed by atoms with van der Waals surface area (Å²) in [7, 11) is 1.59. The largest absolute Gasteiger partial charge is 0.416 e. The summed E-state index contributed by atoms with van der Waals surface area (Å²) in [5.74, 6) is -0.915. The molecule has 1 aromatic heterocycles. The number of hydrogen-bond donors (Lipinski definition) is 1. The zero-order chi connectivity index (χ0) is 14.0. The Morgan fingerprint density at radius 3 is 2.53 bits per heavy atom. The maximum absolute atomic E-state index is 13.4. The van der Waals surface area contributed by atoms with Crippen LogP contribution in [-0.4, -0.2) is 12.0 Å². The molecule has 0 fully saturated rings. The first-order valence-electron chi connectivity index (χ1n) is 5.36. The Hall–Kier alpha value is -1.47. The fourth-order valence-corrected chi connectivity index (χ4v) is 2.53. The van der Waals surface area contributed by atoms with Gasteiger partial charge < -0.3 is 5.32 Å². The van der Waals surface area contributed by atoms with Crippen molar-refractivity contribution in [2.45, 2.75) is 12.2 Å². The van der Waals surface area contributed by atoms with Crippen molar-refractivity contribution in [2.24, 2.45) is 0 Å². The van der Waals surface area contributed by atoms with E-state index in [1.54, 1.807) is 18.6 Å². The lowest BCUT2D eigenvalue weighted by Gasteiger charge is -2.16. The Labute approximate surface area is 111 Å². The fraction of sp³-hybridized carbons (Fsp3) is 0.250. The third-order valence-corrected chi connectivity index (χ3v) is 3.41. The van der Waals surface area contributed by atoms with Gasteiger partial charge in [-0.1, -0.05) is 0 Å². The fourth-order valence-electron chi connectivity index (χ4n) is 1.75. The lowest BCUT2D eigenvalue weighted by molar-refractivity contribution is -0.137. The molecule has 0 saturated carbocycles. The van der Waals surface area contributed by atoms with E-state index in [0.717, 1.165) is 12.1 Å². The highest BCUT2D eigenvalue weighted by atomic mass is 32.1. The lowest BCUT2D eigenvalue weighted by atomic mass is 10.0. The Bertz CT molecular complexity index is 551. The molecule has 102 valence electrons. The molecule has 0 radical (unpaired) electrons. The van der Waals surface area contributed by atoms with Crippen molar-refractivity contribution in [1.82, 2.24) is 10.3 Å². The van der Waals surface area contributed by atoms with Crippen molar-refractivity contribution in [2.75, 3.05) is 7.05 Å². The van der Waals surface area contributed by atoms with Gasteiger partial charge >= 0.3 is 6.18 Å². The van der Waals surface area contributed by atoms with Crippen molar-refractivity contribution in [3.05, 3.63) is 51.7 Å². The van der Waals surface area contributed by atoms with Gasteiger partial charge in [-0.3, -0.25) is 0 Å². The summed E-state index contributed by atoms with van der Waals surface area (Å²) in [6, 6.07) is 1.94. The third kappa shape index (κ3) is 3.10. The molecule has 0 spiro atoms. The van der Waals surface area contributed by atoms with E-state index < -0.39 is 23.6 Å². The van der Waals surface area contributed by atoms with Crippen LogP contribution in [-0.2, 0) is 6.18 Å². The lowest BCUT2D eigenvalue weighted by Crippen LogP contribution is -2.18. The van der Waals surface area contributed by atoms with Crippen molar-refractivity contribution in [3.8, 4) is 0 Å². The second-order valence-corrected chi connectivity index (χ2v) is 4.79. The highest BCUT2D eigenvalue weighted by Gasteiger charge is 2.32. The van der Waals surface area contributed by atoms with Crippen LogP contribution in [0, 0.1) is 5.82 Å². The molecule has 7 heteroatoms. The highest BCUT2D eigenvalue weighted by molar-refractivity contribution is 7.09. The van der Waals surface area contributed by atoms with E-state index in [4.69, 9.17) is 0 Å². The number of rotatable bonds is 3. The first-order valence-corrected chi connectivity index (χ1v) is 6.24. The maximum Gasteiger partial charge on any atom is 0.416 e. The van der Waals surface area contributed by atoms with Crippen LogP contribution in [0.25, 0.3) is 0 Å². The maximum atomic E-state index is 13.4. The number of benzene rings is 1. The Kier molecular flexibility index (Phi) is 3.86. The molecule has 2 rings (SSSR count). The van der Waals surface area contributed by atoms with Crippen LogP contribution < -0.4 is 5.32 Å². The number of aromatic nitrogens is 1. The molecule has 1 unspecified atom stereocenters. The van der Waals surface area contributed by atoms with Gasteiger partial charge in [0.2, 0.25) is 0 Å². The molecule has 19 heavy (non-hydrogen) atoms. The van der Waals surface area contributed by atoms with Gasteiger partial charge in [-0.2, -0.15) is 13.2 Å². The molecule has 2 nitrogen and oxygen atoms in total. The van der Waals surface area contributed by atoms with Gasteiger partial charge in [0.05, 0.1) is 11.6 Å². The summed E-state index contributed by atoms with van der Waals surface area (Å²) in [4.78, 5) is 4.04. The molecule has 2 aromatic rings. The Morgan fingerprint density at radius 2 is 2.00 bits per heavy atom. The summed E-state index contributed by atoms with van der Waals surface area (Å²) >= 11 is 1.29. The van der Waals surface area contributed by atoms with E-state index in [2.05, 4.69) is 10.3 Å². The Morgan fingerprint density at radius 1 is 1.26 bits per heavy atom. The number of hydrogen-bond acceptors (Lipinski definition) is 3. The van der Waals surface area contributed by atoms with Gasteiger partial charge in [0, 0.05) is 11.6 Å². The van der Waals surface area contributed by atoms with E-state index in [9.17, 15) is 17.6 Å². The minimum absolute atomic E-state index is 0.199. The first kappa shape index (κ1) is 14.0. The molecule has 1 atom stereocenters. The topological polar surface area (TPSA) is 24.9 Å². The molecule has 0 aliphatic carbocycles. The number of nitrogens with zero attached hydrogens (tertiary/aromatic N) is 1. The molecule has 1 aromatic carbocycles. The van der Waals surface area contributed by atoms with E-state index in [-0.39, 0.29) is 5.56 Å². The van der Waals surface area contributed by atoms with Crippen LogP contribution in [0.3, 0.4) is 0 Å². The van der Waals surface area contributed by atoms with Crippen LogP contribution in [0.15, 0.2) is 29.8 Å². The van der Waals surface area contributed by atoms with Gasteiger partial charge in [-0.05, 0) is 30.8 Å². The third-order valence-electron chi connectivity index (χ3n) is 2.57. The van der Waals surface area contributed by atoms with Crippen LogP contribution in [0.2, 0.25) is 0 Å². The highest BCUT2D eigenvalue weighted by Crippen LogP contribution is 2.33. The monoisotopic (exact) mass is 290 g/mol. The Balaban J connectivity index is 2.47. The van der Waals surface area contributed by atoms with E-state index in [0.29, 0.717) is 11.1 Å². The van der Waals surface area contributed by atoms with Crippen LogP contribution in [0.4, 0.5) is 17.6 Å². The van der Waals surface area contributed by atoms with Crippen molar-refractivity contribution in [3.63, 3.8) is 0 Å². The van der Waals surface area contributed by atoms with Crippen LogP contribution in [0.1, 0.15) is 22.2 Å². The summed E-state index contributed by atoms with van der Waals surface area (Å²) < 4.78 is 51.3. The molecule has 1 heterocycles. The quantitative estimate of drug-likeness (QED) is 0.874. The van der Waals surface area contributed by atoms with E-state index in [1.807, 2.05) is 0 Å². The summed E-state index contributed by atoms with van der Waals surface area (Å²) in [5, 5.41) is 5.14. The van der Waals surface area contributed by atoms with Crippen LogP contribution in [0.5, 0.6) is 0 Å². The first-order chi connectivity index (χ1) is 8.91. The van der Waals surface area contributed by atoms with Gasteiger partial charge in [-0.25, -0.2) is 9.37 Å². The predicted molar refractivity (Wildman–Crippen MR) is 64.4 cm³/mol. The summed E-state index contributed by atoms with van der Waals surface area (Å²) in [5.41, 5.74) is -0.802. The van der Waals surface area contributed by atoms with Gasteiger partial charge in [-0.15, -0.1) is 11.3 Å². The SMILES string of the molecule is CNC(c1cc(F)cc(C(F)(F)F)c1)c1nccs1. The number of nitrogens with one attached hydrogen (secondary N) is 1. The minimum atomic E-state index is -4.57. The standard InChI is InChI=1S/C12H10F4N2S/c1-17-10(11-18-2-3-19-11)7-4-8(12(14,15)16)6-9(13)5-7/h2-6,10,17H,1H3. The average molecular weight is 290 g/mol. The second kappa shape index (κ2) is 5.26. The summed E-state index contributed by atoms with van der Waals surface area (Å²) in [6.07, 6.45) is -3.02. The van der Waals surface area contributed by atoms with Gasteiger partial charge in [0.1, 0.15) is 10.8 Å². The molecule has 0 aliphatic rings. The van der Waals surface area contributed by atoms with Crippen molar-refractivity contribution >= 4 is 11.3 Å².